The summed E-state index contributed by atoms with van der Waals surface area (Å²) in [5, 5.41) is 8.95. The van der Waals surface area contributed by atoms with Gasteiger partial charge in [-0.3, -0.25) is 9.69 Å². The summed E-state index contributed by atoms with van der Waals surface area (Å²) in [7, 11) is 0. The monoisotopic (exact) mass is 426 g/mol. The predicted molar refractivity (Wildman–Crippen MR) is 122 cm³/mol. The number of hydrogen-bond acceptors (Lipinski definition) is 5. The third kappa shape index (κ3) is 5.71. The molecule has 1 amide bonds. The number of pyridine rings is 1. The molecule has 0 radical (unpaired) electrons. The fourth-order valence-corrected chi connectivity index (χ4v) is 3.81. The van der Waals surface area contributed by atoms with Gasteiger partial charge in [0.05, 0.1) is 11.6 Å². The third-order valence-corrected chi connectivity index (χ3v) is 5.58. The van der Waals surface area contributed by atoms with Crippen molar-refractivity contribution >= 4 is 5.91 Å². The van der Waals surface area contributed by atoms with E-state index in [1.807, 2.05) is 59.5 Å². The Hall–Kier alpha value is -3.69. The minimum Gasteiger partial charge on any atom is -0.473 e. The Balaban J connectivity index is 1.33. The number of carbonyl (C=O) groups is 1. The number of amides is 1. The van der Waals surface area contributed by atoms with Crippen molar-refractivity contribution in [3.05, 3.63) is 95.2 Å². The van der Waals surface area contributed by atoms with Crippen molar-refractivity contribution in [1.29, 1.82) is 5.26 Å². The quantitative estimate of drug-likeness (QED) is 0.598. The van der Waals surface area contributed by atoms with Gasteiger partial charge in [-0.25, -0.2) is 4.98 Å². The van der Waals surface area contributed by atoms with Crippen molar-refractivity contribution in [2.24, 2.45) is 0 Å². The molecule has 1 aromatic heterocycles. The standard InChI is InChI=1S/C26H26N4O2/c27-18-21-7-9-22(10-8-21)19-29-13-4-14-30(16-15-29)26(31)24-11-12-28-25(17-24)32-20-23-5-2-1-3-6-23/h1-3,5-12,17H,4,13-16,19-20H2. The molecule has 6 heteroatoms. The summed E-state index contributed by atoms with van der Waals surface area (Å²) in [5.41, 5.74) is 3.51. The number of benzene rings is 2. The molecular weight excluding hydrogens is 400 g/mol. The molecule has 0 unspecified atom stereocenters. The van der Waals surface area contributed by atoms with Crippen molar-refractivity contribution in [2.45, 2.75) is 19.6 Å². The van der Waals surface area contributed by atoms with Crippen LogP contribution in [0.2, 0.25) is 0 Å². The molecule has 1 saturated heterocycles. The number of nitriles is 1. The zero-order chi connectivity index (χ0) is 22.2. The Labute approximate surface area is 188 Å². The van der Waals surface area contributed by atoms with Crippen LogP contribution in [0.5, 0.6) is 5.88 Å². The van der Waals surface area contributed by atoms with Crippen LogP contribution in [-0.4, -0.2) is 46.9 Å². The number of ether oxygens (including phenoxy) is 1. The maximum atomic E-state index is 13.1. The van der Waals surface area contributed by atoms with E-state index >= 15 is 0 Å². The van der Waals surface area contributed by atoms with E-state index in [9.17, 15) is 4.79 Å². The largest absolute Gasteiger partial charge is 0.473 e. The fourth-order valence-electron chi connectivity index (χ4n) is 3.81. The minimum atomic E-state index is 0.0113. The molecule has 32 heavy (non-hydrogen) atoms. The van der Waals surface area contributed by atoms with Gasteiger partial charge < -0.3 is 9.64 Å². The summed E-state index contributed by atoms with van der Waals surface area (Å²) in [4.78, 5) is 21.6. The van der Waals surface area contributed by atoms with E-state index in [1.54, 1.807) is 18.3 Å². The number of rotatable bonds is 6. The average Bonchev–Trinajstić information content (AvgIpc) is 3.09. The number of aromatic nitrogens is 1. The van der Waals surface area contributed by atoms with Crippen LogP contribution in [0, 0.1) is 11.3 Å². The van der Waals surface area contributed by atoms with Crippen LogP contribution in [0.1, 0.15) is 33.5 Å². The zero-order valence-electron chi connectivity index (χ0n) is 18.0. The SMILES string of the molecule is N#Cc1ccc(CN2CCCN(C(=O)c3ccnc(OCc4ccccc4)c3)CC2)cc1. The van der Waals surface area contributed by atoms with Crippen molar-refractivity contribution < 1.29 is 9.53 Å². The van der Waals surface area contributed by atoms with Crippen LogP contribution in [-0.2, 0) is 13.2 Å². The van der Waals surface area contributed by atoms with E-state index in [1.165, 1.54) is 5.56 Å². The molecule has 1 aliphatic rings. The first-order valence-corrected chi connectivity index (χ1v) is 10.8. The molecule has 1 aliphatic heterocycles. The summed E-state index contributed by atoms with van der Waals surface area (Å²) in [6, 6.07) is 23.2. The summed E-state index contributed by atoms with van der Waals surface area (Å²) in [5.74, 6) is 0.467. The Bertz CT molecular complexity index is 1080. The van der Waals surface area contributed by atoms with Gasteiger partial charge in [-0.1, -0.05) is 42.5 Å². The zero-order valence-corrected chi connectivity index (χ0v) is 18.0. The number of carbonyl (C=O) groups excluding carboxylic acids is 1. The summed E-state index contributed by atoms with van der Waals surface area (Å²) < 4.78 is 5.78. The molecule has 4 rings (SSSR count). The first kappa shape index (κ1) is 21.5. The van der Waals surface area contributed by atoms with Crippen molar-refractivity contribution in [3.8, 4) is 11.9 Å². The lowest BCUT2D eigenvalue weighted by Crippen LogP contribution is -2.35. The first-order chi connectivity index (χ1) is 15.7. The number of nitrogens with zero attached hydrogens (tertiary/aromatic N) is 4. The van der Waals surface area contributed by atoms with Gasteiger partial charge in [-0.2, -0.15) is 5.26 Å². The van der Waals surface area contributed by atoms with Crippen molar-refractivity contribution in [2.75, 3.05) is 26.2 Å². The van der Waals surface area contributed by atoms with Gasteiger partial charge in [-0.05, 0) is 35.7 Å². The molecule has 0 N–H and O–H groups in total. The van der Waals surface area contributed by atoms with E-state index in [-0.39, 0.29) is 5.91 Å². The number of hydrogen-bond donors (Lipinski definition) is 0. The van der Waals surface area contributed by atoms with Crippen LogP contribution >= 0.6 is 0 Å². The molecular formula is C26H26N4O2. The Morgan fingerprint density at radius 1 is 0.969 bits per heavy atom. The highest BCUT2D eigenvalue weighted by molar-refractivity contribution is 5.94. The second-order valence-corrected chi connectivity index (χ2v) is 7.89. The molecule has 1 fully saturated rings. The lowest BCUT2D eigenvalue weighted by Gasteiger charge is -2.22. The van der Waals surface area contributed by atoms with Gasteiger partial charge in [-0.15, -0.1) is 0 Å². The van der Waals surface area contributed by atoms with E-state index in [0.29, 0.717) is 30.2 Å². The topological polar surface area (TPSA) is 69.5 Å². The molecule has 6 nitrogen and oxygen atoms in total. The van der Waals surface area contributed by atoms with Gasteiger partial charge >= 0.3 is 0 Å². The van der Waals surface area contributed by atoms with E-state index in [2.05, 4.69) is 16.0 Å². The molecule has 2 aromatic carbocycles. The Morgan fingerprint density at radius 2 is 1.78 bits per heavy atom. The molecule has 2 heterocycles. The van der Waals surface area contributed by atoms with E-state index in [4.69, 9.17) is 10.00 Å². The third-order valence-electron chi connectivity index (χ3n) is 5.58. The van der Waals surface area contributed by atoms with Gasteiger partial charge in [0, 0.05) is 50.6 Å². The first-order valence-electron chi connectivity index (χ1n) is 10.8. The molecule has 162 valence electrons. The highest BCUT2D eigenvalue weighted by Gasteiger charge is 2.21. The van der Waals surface area contributed by atoms with Crippen molar-refractivity contribution in [1.82, 2.24) is 14.8 Å². The van der Waals surface area contributed by atoms with Gasteiger partial charge in [0.2, 0.25) is 5.88 Å². The molecule has 0 bridgehead atoms. The molecule has 0 atom stereocenters. The minimum absolute atomic E-state index is 0.0113. The van der Waals surface area contributed by atoms with Gasteiger partial charge in [0.25, 0.3) is 5.91 Å². The second-order valence-electron chi connectivity index (χ2n) is 7.89. The van der Waals surface area contributed by atoms with Gasteiger partial charge in [0.15, 0.2) is 0 Å². The van der Waals surface area contributed by atoms with E-state index in [0.717, 1.165) is 38.2 Å². The molecule has 0 saturated carbocycles. The molecule has 3 aromatic rings. The second kappa shape index (κ2) is 10.6. The predicted octanol–water partition coefficient (Wildman–Crippen LogP) is 3.88. The van der Waals surface area contributed by atoms with Crippen LogP contribution in [0.3, 0.4) is 0 Å². The Kier molecular flexibility index (Phi) is 7.11. The summed E-state index contributed by atoms with van der Waals surface area (Å²) in [6.45, 7) is 4.39. The maximum Gasteiger partial charge on any atom is 0.254 e. The lowest BCUT2D eigenvalue weighted by atomic mass is 10.1. The molecule has 0 spiro atoms. The summed E-state index contributed by atoms with van der Waals surface area (Å²) in [6.07, 6.45) is 2.55. The highest BCUT2D eigenvalue weighted by Crippen LogP contribution is 2.16. The van der Waals surface area contributed by atoms with Crippen LogP contribution in [0.4, 0.5) is 0 Å². The smallest absolute Gasteiger partial charge is 0.254 e. The van der Waals surface area contributed by atoms with Crippen LogP contribution in [0.15, 0.2) is 72.9 Å². The van der Waals surface area contributed by atoms with Crippen molar-refractivity contribution in [3.63, 3.8) is 0 Å². The molecule has 0 aliphatic carbocycles. The van der Waals surface area contributed by atoms with Crippen LogP contribution in [0.25, 0.3) is 0 Å². The average molecular weight is 427 g/mol. The fraction of sp³-hybridized carbons (Fsp3) is 0.269. The Morgan fingerprint density at radius 3 is 2.56 bits per heavy atom. The van der Waals surface area contributed by atoms with E-state index < -0.39 is 0 Å². The summed E-state index contributed by atoms with van der Waals surface area (Å²) >= 11 is 0. The maximum absolute atomic E-state index is 13.1. The van der Waals surface area contributed by atoms with Gasteiger partial charge in [0.1, 0.15) is 6.61 Å². The lowest BCUT2D eigenvalue weighted by molar-refractivity contribution is 0.0760. The highest BCUT2D eigenvalue weighted by atomic mass is 16.5. The normalized spacial score (nSPS) is 14.4. The van der Waals surface area contributed by atoms with Crippen LogP contribution < -0.4 is 4.74 Å².